The van der Waals surface area contributed by atoms with Gasteiger partial charge in [-0.15, -0.1) is 0 Å². The van der Waals surface area contributed by atoms with Crippen molar-refractivity contribution in [2.24, 2.45) is 5.10 Å². The van der Waals surface area contributed by atoms with Crippen LogP contribution in [0.1, 0.15) is 17.0 Å². The second-order valence-electron chi connectivity index (χ2n) is 5.72. The lowest BCUT2D eigenvalue weighted by Crippen LogP contribution is -2.26. The highest BCUT2D eigenvalue weighted by atomic mass is 19.4. The van der Waals surface area contributed by atoms with Crippen molar-refractivity contribution in [2.45, 2.75) is 19.6 Å². The summed E-state index contributed by atoms with van der Waals surface area (Å²) in [4.78, 5) is 15.6. The third-order valence-electron chi connectivity index (χ3n) is 3.65. The number of carbonyl (C=O) groups excluding carboxylic acids is 1. The maximum Gasteiger partial charge on any atom is 0.449 e. The van der Waals surface area contributed by atoms with Crippen molar-refractivity contribution in [1.82, 2.24) is 15.0 Å². The molecule has 1 amide bonds. The molecule has 2 aromatic carbocycles. The van der Waals surface area contributed by atoms with Crippen LogP contribution in [-0.4, -0.2) is 21.7 Å². The Kier molecular flexibility index (Phi) is 4.75. The molecule has 8 heteroatoms. The average molecular weight is 360 g/mol. The van der Waals surface area contributed by atoms with Crippen molar-refractivity contribution < 1.29 is 18.0 Å². The van der Waals surface area contributed by atoms with E-state index in [1.807, 2.05) is 25.1 Å². The van der Waals surface area contributed by atoms with E-state index in [9.17, 15) is 18.0 Å². The molecule has 0 atom stereocenters. The Morgan fingerprint density at radius 3 is 2.73 bits per heavy atom. The van der Waals surface area contributed by atoms with Crippen LogP contribution in [0.25, 0.3) is 11.0 Å². The third-order valence-corrected chi connectivity index (χ3v) is 3.65. The van der Waals surface area contributed by atoms with Crippen LogP contribution in [-0.2, 0) is 17.5 Å². The molecule has 1 N–H and O–H groups in total. The van der Waals surface area contributed by atoms with Crippen molar-refractivity contribution in [3.63, 3.8) is 0 Å². The van der Waals surface area contributed by atoms with Crippen LogP contribution in [0, 0.1) is 6.92 Å². The number of fused-ring (bicyclic) bond motifs is 1. The highest BCUT2D eigenvalue weighted by molar-refractivity contribution is 5.84. The minimum absolute atomic E-state index is 0.177. The summed E-state index contributed by atoms with van der Waals surface area (Å²) in [6, 6.07) is 13.6. The smallest absolute Gasteiger partial charge is 0.311 e. The van der Waals surface area contributed by atoms with Crippen LogP contribution in [0.2, 0.25) is 0 Å². The van der Waals surface area contributed by atoms with E-state index in [0.29, 0.717) is 0 Å². The highest BCUT2D eigenvalue weighted by Gasteiger charge is 2.37. The molecular formula is C18H15F3N4O. The maximum absolute atomic E-state index is 13.2. The Balaban J connectivity index is 1.79. The van der Waals surface area contributed by atoms with Crippen molar-refractivity contribution in [3.05, 3.63) is 65.5 Å². The molecule has 0 radical (unpaired) electrons. The topological polar surface area (TPSA) is 59.3 Å². The van der Waals surface area contributed by atoms with Gasteiger partial charge in [0.05, 0.1) is 17.2 Å². The SMILES string of the molecule is Cc1cccc(/C=N/NC(=O)Cn2c(C(F)(F)F)nc3ccccc32)c1. The van der Waals surface area contributed by atoms with Gasteiger partial charge in [0.2, 0.25) is 5.82 Å². The van der Waals surface area contributed by atoms with E-state index in [2.05, 4.69) is 15.5 Å². The van der Waals surface area contributed by atoms with Crippen molar-refractivity contribution >= 4 is 23.2 Å². The van der Waals surface area contributed by atoms with Crippen LogP contribution in [0.15, 0.2) is 53.6 Å². The number of hydrogen-bond donors (Lipinski definition) is 1. The number of para-hydroxylation sites is 2. The predicted molar refractivity (Wildman–Crippen MR) is 91.7 cm³/mol. The quantitative estimate of drug-likeness (QED) is 0.572. The van der Waals surface area contributed by atoms with Crippen LogP contribution >= 0.6 is 0 Å². The highest BCUT2D eigenvalue weighted by Crippen LogP contribution is 2.31. The fourth-order valence-corrected chi connectivity index (χ4v) is 2.56. The molecule has 0 bridgehead atoms. The summed E-state index contributed by atoms with van der Waals surface area (Å²) < 4.78 is 40.5. The average Bonchev–Trinajstić information content (AvgIpc) is 2.94. The third kappa shape index (κ3) is 3.90. The van der Waals surface area contributed by atoms with E-state index in [1.165, 1.54) is 18.3 Å². The number of benzene rings is 2. The lowest BCUT2D eigenvalue weighted by Gasteiger charge is -2.10. The zero-order valence-corrected chi connectivity index (χ0v) is 13.8. The van der Waals surface area contributed by atoms with Gasteiger partial charge >= 0.3 is 6.18 Å². The molecular weight excluding hydrogens is 345 g/mol. The van der Waals surface area contributed by atoms with Crippen molar-refractivity contribution in [2.75, 3.05) is 0 Å². The van der Waals surface area contributed by atoms with Crippen LogP contribution < -0.4 is 5.43 Å². The summed E-state index contributed by atoms with van der Waals surface area (Å²) in [5.74, 6) is -1.79. The monoisotopic (exact) mass is 360 g/mol. The first-order valence-corrected chi connectivity index (χ1v) is 7.75. The number of carbonyl (C=O) groups is 1. The maximum atomic E-state index is 13.2. The van der Waals surface area contributed by atoms with Crippen molar-refractivity contribution in [3.8, 4) is 0 Å². The molecule has 0 saturated heterocycles. The van der Waals surface area contributed by atoms with Gasteiger partial charge < -0.3 is 4.57 Å². The number of imidazole rings is 1. The summed E-state index contributed by atoms with van der Waals surface area (Å²) in [5, 5.41) is 3.80. The Morgan fingerprint density at radius 1 is 1.23 bits per heavy atom. The standard InChI is InChI=1S/C18H15F3N4O/c1-12-5-4-6-13(9-12)10-22-24-16(26)11-25-15-8-3-2-7-14(15)23-17(25)18(19,20)21/h2-10H,11H2,1H3,(H,24,26)/b22-10+. The summed E-state index contributed by atoms with van der Waals surface area (Å²) in [6.45, 7) is 1.37. The molecule has 0 saturated carbocycles. The molecule has 26 heavy (non-hydrogen) atoms. The number of amides is 1. The van der Waals surface area contributed by atoms with Crippen LogP contribution in [0.4, 0.5) is 13.2 Å². The summed E-state index contributed by atoms with van der Waals surface area (Å²) in [5.41, 5.74) is 4.46. The number of aromatic nitrogens is 2. The zero-order valence-electron chi connectivity index (χ0n) is 13.8. The van der Waals surface area contributed by atoms with Gasteiger partial charge in [0, 0.05) is 0 Å². The number of nitrogens with zero attached hydrogens (tertiary/aromatic N) is 3. The van der Waals surface area contributed by atoms with Crippen LogP contribution in [0.3, 0.4) is 0 Å². The predicted octanol–water partition coefficient (Wildman–Crippen LogP) is 3.51. The minimum Gasteiger partial charge on any atom is -0.311 e. The molecule has 5 nitrogen and oxygen atoms in total. The normalized spacial score (nSPS) is 12.0. The van der Waals surface area contributed by atoms with E-state index in [1.54, 1.807) is 18.2 Å². The minimum atomic E-state index is -4.66. The Hall–Kier alpha value is -3.16. The fraction of sp³-hybridized carbons (Fsp3) is 0.167. The largest absolute Gasteiger partial charge is 0.449 e. The van der Waals surface area contributed by atoms with Gasteiger partial charge in [-0.2, -0.15) is 18.3 Å². The van der Waals surface area contributed by atoms with E-state index in [-0.39, 0.29) is 11.0 Å². The second-order valence-corrected chi connectivity index (χ2v) is 5.72. The number of hydrogen-bond acceptors (Lipinski definition) is 3. The van der Waals surface area contributed by atoms with E-state index >= 15 is 0 Å². The molecule has 0 aliphatic heterocycles. The lowest BCUT2D eigenvalue weighted by atomic mass is 10.2. The van der Waals surface area contributed by atoms with E-state index < -0.39 is 24.5 Å². The molecule has 134 valence electrons. The Morgan fingerprint density at radius 2 is 2.00 bits per heavy atom. The molecule has 1 aromatic heterocycles. The molecule has 3 aromatic rings. The summed E-state index contributed by atoms with van der Waals surface area (Å²) in [6.07, 6.45) is -3.23. The van der Waals surface area contributed by atoms with Gasteiger partial charge in [-0.05, 0) is 24.6 Å². The van der Waals surface area contributed by atoms with E-state index in [4.69, 9.17) is 0 Å². The van der Waals surface area contributed by atoms with E-state index in [0.717, 1.165) is 15.7 Å². The fourth-order valence-electron chi connectivity index (χ4n) is 2.56. The number of hydrazone groups is 1. The second kappa shape index (κ2) is 6.99. The Bertz CT molecular complexity index is 976. The first-order chi connectivity index (χ1) is 12.3. The number of rotatable bonds is 4. The number of alkyl halides is 3. The van der Waals surface area contributed by atoms with Gasteiger partial charge in [0.1, 0.15) is 6.54 Å². The number of aryl methyl sites for hydroxylation is 1. The number of halogens is 3. The summed E-state index contributed by atoms with van der Waals surface area (Å²) in [7, 11) is 0. The molecule has 0 aliphatic carbocycles. The van der Waals surface area contributed by atoms with Crippen molar-refractivity contribution in [1.29, 1.82) is 0 Å². The first kappa shape index (κ1) is 17.7. The van der Waals surface area contributed by atoms with Gasteiger partial charge in [0.25, 0.3) is 5.91 Å². The van der Waals surface area contributed by atoms with Gasteiger partial charge in [-0.3, -0.25) is 4.79 Å². The molecule has 0 spiro atoms. The molecule has 3 rings (SSSR count). The zero-order chi connectivity index (χ0) is 18.7. The molecule has 0 fully saturated rings. The van der Waals surface area contributed by atoms with Gasteiger partial charge in [-0.25, -0.2) is 10.4 Å². The van der Waals surface area contributed by atoms with Gasteiger partial charge in [0.15, 0.2) is 0 Å². The molecule has 1 heterocycles. The first-order valence-electron chi connectivity index (χ1n) is 7.75. The van der Waals surface area contributed by atoms with Crippen LogP contribution in [0.5, 0.6) is 0 Å². The lowest BCUT2D eigenvalue weighted by molar-refractivity contribution is -0.147. The Labute approximate surface area is 147 Å². The molecule has 0 aliphatic rings. The molecule has 0 unspecified atom stereocenters. The number of nitrogens with one attached hydrogen (secondary N) is 1. The summed E-state index contributed by atoms with van der Waals surface area (Å²) >= 11 is 0. The van der Waals surface area contributed by atoms with Gasteiger partial charge in [-0.1, -0.05) is 42.0 Å².